The highest BCUT2D eigenvalue weighted by Crippen LogP contribution is 2.70. The Morgan fingerprint density at radius 1 is 1.03 bits per heavy atom. The van der Waals surface area contributed by atoms with E-state index < -0.39 is 0 Å². The molecule has 9 atom stereocenters. The zero-order chi connectivity index (χ0) is 24.0. The third-order valence-corrected chi connectivity index (χ3v) is 12.2. The second-order valence-electron chi connectivity index (χ2n) is 13.7. The number of hydrogen-bond donors (Lipinski definition) is 0. The fourth-order valence-corrected chi connectivity index (χ4v) is 10.3. The van der Waals surface area contributed by atoms with Crippen molar-refractivity contribution in [3.05, 3.63) is 11.8 Å². The third kappa shape index (κ3) is 4.19. The van der Waals surface area contributed by atoms with Crippen LogP contribution in [0.5, 0.6) is 0 Å². The fourth-order valence-electron chi connectivity index (χ4n) is 10.3. The van der Waals surface area contributed by atoms with Crippen molar-refractivity contribution in [2.45, 2.75) is 112 Å². The van der Waals surface area contributed by atoms with Crippen molar-refractivity contribution in [1.82, 2.24) is 4.90 Å². The molecule has 0 heterocycles. The normalized spacial score (nSPS) is 46.0. The van der Waals surface area contributed by atoms with Crippen molar-refractivity contribution in [2.75, 3.05) is 13.6 Å². The van der Waals surface area contributed by atoms with Crippen LogP contribution in [0.25, 0.3) is 0 Å². The Hall–Kier alpha value is -0.970. The molecule has 0 bridgehead atoms. The predicted molar refractivity (Wildman–Crippen MR) is 139 cm³/mol. The van der Waals surface area contributed by atoms with Gasteiger partial charge >= 0.3 is 0 Å². The van der Waals surface area contributed by atoms with E-state index in [1.54, 1.807) is 0 Å². The molecule has 0 aromatic carbocycles. The summed E-state index contributed by atoms with van der Waals surface area (Å²) in [5, 5.41) is 9.16. The van der Waals surface area contributed by atoms with E-state index in [4.69, 9.17) is 5.26 Å². The van der Waals surface area contributed by atoms with Crippen LogP contribution in [0.4, 0.5) is 0 Å². The van der Waals surface area contributed by atoms with E-state index in [0.717, 1.165) is 41.7 Å². The highest BCUT2D eigenvalue weighted by molar-refractivity contribution is 5.16. The highest BCUT2D eigenvalue weighted by Gasteiger charge is 2.62. The summed E-state index contributed by atoms with van der Waals surface area (Å²) in [6.07, 6.45) is 18.2. The summed E-state index contributed by atoms with van der Waals surface area (Å²) in [6, 6.07) is 2.28. The lowest BCUT2D eigenvalue weighted by atomic mass is 9.41. The molecule has 0 saturated heterocycles. The molecule has 0 N–H and O–H groups in total. The molecule has 2 heteroatoms. The first-order valence-corrected chi connectivity index (χ1v) is 14.4. The van der Waals surface area contributed by atoms with E-state index in [-0.39, 0.29) is 0 Å². The van der Waals surface area contributed by atoms with E-state index in [9.17, 15) is 0 Å². The lowest BCUT2D eigenvalue weighted by molar-refractivity contribution is -0.142. The number of nitrogens with zero attached hydrogens (tertiary/aromatic N) is 2. The molecule has 33 heavy (non-hydrogen) atoms. The second kappa shape index (κ2) is 9.24. The Morgan fingerprint density at radius 3 is 2.45 bits per heavy atom. The van der Waals surface area contributed by atoms with Gasteiger partial charge in [-0.2, -0.15) is 5.26 Å². The molecular weight excluding hydrogens is 400 g/mol. The van der Waals surface area contributed by atoms with Gasteiger partial charge in [-0.1, -0.05) is 41.0 Å². The summed E-state index contributed by atoms with van der Waals surface area (Å²) >= 11 is 0. The minimum Gasteiger partial charge on any atom is -0.379 e. The standard InChI is InChI=1S/C31H52N2/c1-8-29(5)16-17-31(9-2)24(18-29)10-11-25-27-13-12-26(30(27,6)15-14-28(25)31)23(4)21-33(7)20-22(3)19-32/h20,23-28H,8-18,21H2,1-7H3/b22-20+/t23-,24?,25?,26?,27?,28?,29-,30?,31?/m1/s1. The summed E-state index contributed by atoms with van der Waals surface area (Å²) in [5.41, 5.74) is 2.61. The highest BCUT2D eigenvalue weighted by atomic mass is 15.1. The molecule has 0 radical (unpaired) electrons. The summed E-state index contributed by atoms with van der Waals surface area (Å²) < 4.78 is 0. The summed E-state index contributed by atoms with van der Waals surface area (Å²) in [7, 11) is 2.16. The van der Waals surface area contributed by atoms with Gasteiger partial charge in [-0.3, -0.25) is 0 Å². The molecule has 7 unspecified atom stereocenters. The summed E-state index contributed by atoms with van der Waals surface area (Å²) in [6.45, 7) is 15.8. The number of rotatable bonds is 6. The van der Waals surface area contributed by atoms with Crippen LogP contribution < -0.4 is 0 Å². The van der Waals surface area contributed by atoms with Crippen LogP contribution in [0, 0.1) is 63.1 Å². The Morgan fingerprint density at radius 2 is 1.79 bits per heavy atom. The van der Waals surface area contributed by atoms with Crippen molar-refractivity contribution < 1.29 is 0 Å². The van der Waals surface area contributed by atoms with Crippen LogP contribution in [-0.4, -0.2) is 18.5 Å². The van der Waals surface area contributed by atoms with Crippen LogP contribution in [0.2, 0.25) is 0 Å². The molecule has 4 aliphatic carbocycles. The van der Waals surface area contributed by atoms with Crippen LogP contribution in [-0.2, 0) is 0 Å². The second-order valence-corrected chi connectivity index (χ2v) is 13.7. The molecule has 4 rings (SSSR count). The molecule has 4 aliphatic rings. The van der Waals surface area contributed by atoms with E-state index in [0.29, 0.717) is 22.2 Å². The van der Waals surface area contributed by atoms with Crippen LogP contribution in [0.3, 0.4) is 0 Å². The molecule has 2 nitrogen and oxygen atoms in total. The zero-order valence-corrected chi connectivity index (χ0v) is 22.9. The smallest absolute Gasteiger partial charge is 0.0959 e. The summed E-state index contributed by atoms with van der Waals surface area (Å²) in [5.74, 6) is 5.47. The van der Waals surface area contributed by atoms with Crippen molar-refractivity contribution >= 4 is 0 Å². The topological polar surface area (TPSA) is 27.0 Å². The minimum atomic E-state index is 0.532. The maximum Gasteiger partial charge on any atom is 0.0959 e. The molecule has 4 saturated carbocycles. The van der Waals surface area contributed by atoms with Crippen molar-refractivity contribution in [1.29, 1.82) is 5.26 Å². The van der Waals surface area contributed by atoms with E-state index in [2.05, 4.69) is 52.6 Å². The van der Waals surface area contributed by atoms with Gasteiger partial charge in [0.2, 0.25) is 0 Å². The van der Waals surface area contributed by atoms with Gasteiger partial charge in [-0.25, -0.2) is 0 Å². The quantitative estimate of drug-likeness (QED) is 0.378. The number of hydrogen-bond acceptors (Lipinski definition) is 2. The Balaban J connectivity index is 1.51. The van der Waals surface area contributed by atoms with Gasteiger partial charge in [-0.05, 0) is 123 Å². The number of nitriles is 1. The zero-order valence-electron chi connectivity index (χ0n) is 22.9. The van der Waals surface area contributed by atoms with E-state index in [1.165, 1.54) is 70.6 Å². The lowest BCUT2D eigenvalue weighted by Crippen LogP contribution is -2.55. The minimum absolute atomic E-state index is 0.532. The molecular formula is C31H52N2. The number of allylic oxidation sites excluding steroid dienone is 1. The first kappa shape index (κ1) is 25.1. The first-order chi connectivity index (χ1) is 15.6. The van der Waals surface area contributed by atoms with Crippen LogP contribution in [0.15, 0.2) is 11.8 Å². The van der Waals surface area contributed by atoms with Gasteiger partial charge in [0.25, 0.3) is 0 Å². The Labute approximate surface area is 205 Å². The van der Waals surface area contributed by atoms with Gasteiger partial charge in [0, 0.05) is 25.4 Å². The Kier molecular flexibility index (Phi) is 7.04. The monoisotopic (exact) mass is 452 g/mol. The molecule has 0 aliphatic heterocycles. The number of fused-ring (bicyclic) bond motifs is 5. The molecule has 0 spiro atoms. The Bertz CT molecular complexity index is 778. The average molecular weight is 453 g/mol. The lowest BCUT2D eigenvalue weighted by Gasteiger charge is -2.63. The van der Waals surface area contributed by atoms with Gasteiger partial charge in [0.05, 0.1) is 6.07 Å². The first-order valence-electron chi connectivity index (χ1n) is 14.4. The van der Waals surface area contributed by atoms with Gasteiger partial charge < -0.3 is 4.90 Å². The van der Waals surface area contributed by atoms with Crippen molar-refractivity contribution in [3.63, 3.8) is 0 Å². The maximum absolute atomic E-state index is 9.16. The van der Waals surface area contributed by atoms with E-state index in [1.807, 2.05) is 13.1 Å². The average Bonchev–Trinajstić information content (AvgIpc) is 3.15. The van der Waals surface area contributed by atoms with Crippen LogP contribution >= 0.6 is 0 Å². The SMILES string of the molecule is CCC12CC[C@@](C)(CC)CC1CCC1C3CCC([C@H](C)CN(C)/C=C(\C)C#N)C3(C)CCC12. The largest absolute Gasteiger partial charge is 0.379 e. The third-order valence-electron chi connectivity index (χ3n) is 12.2. The summed E-state index contributed by atoms with van der Waals surface area (Å²) in [4.78, 5) is 2.27. The molecule has 0 aromatic heterocycles. The van der Waals surface area contributed by atoms with Gasteiger partial charge in [-0.15, -0.1) is 0 Å². The molecule has 186 valence electrons. The molecule has 4 fully saturated rings. The van der Waals surface area contributed by atoms with Gasteiger partial charge in [0.15, 0.2) is 0 Å². The van der Waals surface area contributed by atoms with Crippen molar-refractivity contribution in [3.8, 4) is 6.07 Å². The molecule has 0 aromatic rings. The van der Waals surface area contributed by atoms with Crippen LogP contribution in [0.1, 0.15) is 112 Å². The molecule has 0 amide bonds. The predicted octanol–water partition coefficient (Wildman–Crippen LogP) is 8.45. The van der Waals surface area contributed by atoms with Gasteiger partial charge in [0.1, 0.15) is 0 Å². The maximum atomic E-state index is 9.16. The van der Waals surface area contributed by atoms with Crippen molar-refractivity contribution in [2.24, 2.45) is 51.8 Å². The van der Waals surface area contributed by atoms with E-state index >= 15 is 0 Å². The fraction of sp³-hybridized carbons (Fsp3) is 0.903.